The fourth-order valence-corrected chi connectivity index (χ4v) is 4.41. The molecular formula is C29H25NO2. The van der Waals surface area contributed by atoms with Crippen LogP contribution < -0.4 is 9.47 Å². The summed E-state index contributed by atoms with van der Waals surface area (Å²) in [6.07, 6.45) is 0. The summed E-state index contributed by atoms with van der Waals surface area (Å²) in [4.78, 5) is 0. The predicted octanol–water partition coefficient (Wildman–Crippen LogP) is 7.04. The minimum Gasteiger partial charge on any atom is -0.497 e. The molecule has 0 aliphatic heterocycles. The highest BCUT2D eigenvalue weighted by molar-refractivity contribution is 6.08. The summed E-state index contributed by atoms with van der Waals surface area (Å²) in [5.41, 5.74) is 6.99. The molecule has 0 saturated carbocycles. The summed E-state index contributed by atoms with van der Waals surface area (Å²) in [7, 11) is 3.42. The first kappa shape index (κ1) is 20.0. The Balaban J connectivity index is 1.93. The second-order valence-electron chi connectivity index (χ2n) is 7.75. The van der Waals surface area contributed by atoms with Crippen molar-refractivity contribution in [3.05, 3.63) is 109 Å². The molecule has 3 heteroatoms. The standard InChI is InChI=1S/C29H25NO2/c1-31-24-18-25-28(26(19-24)32-2)27(22-14-8-4-9-15-22)29(23-16-10-5-11-17-23)30(25)20-21-12-6-3-7-13-21/h3-19H,20H2,1-2H3. The SMILES string of the molecule is COc1cc(OC)c2c(-c3ccccc3)c(-c3ccccc3)n(Cc3ccccc3)c2c1. The van der Waals surface area contributed by atoms with E-state index in [0.29, 0.717) is 0 Å². The monoisotopic (exact) mass is 419 g/mol. The van der Waals surface area contributed by atoms with Crippen LogP contribution in [0.3, 0.4) is 0 Å². The highest BCUT2D eigenvalue weighted by atomic mass is 16.5. The molecule has 158 valence electrons. The van der Waals surface area contributed by atoms with Crippen molar-refractivity contribution in [2.24, 2.45) is 0 Å². The van der Waals surface area contributed by atoms with Crippen LogP contribution in [0.1, 0.15) is 5.56 Å². The van der Waals surface area contributed by atoms with Crippen LogP contribution >= 0.6 is 0 Å². The highest BCUT2D eigenvalue weighted by Crippen LogP contribution is 2.46. The van der Waals surface area contributed by atoms with E-state index in [-0.39, 0.29) is 0 Å². The van der Waals surface area contributed by atoms with Crippen molar-refractivity contribution >= 4 is 10.9 Å². The Hall–Kier alpha value is -3.98. The van der Waals surface area contributed by atoms with Gasteiger partial charge in [0.2, 0.25) is 0 Å². The van der Waals surface area contributed by atoms with Gasteiger partial charge in [0, 0.05) is 24.2 Å². The quantitative estimate of drug-likeness (QED) is 0.295. The molecule has 0 N–H and O–H groups in total. The molecule has 1 aromatic heterocycles. The maximum atomic E-state index is 5.89. The molecule has 0 unspecified atom stereocenters. The van der Waals surface area contributed by atoms with Crippen LogP contribution in [-0.4, -0.2) is 18.8 Å². The normalized spacial score (nSPS) is 10.9. The maximum absolute atomic E-state index is 5.89. The molecule has 0 atom stereocenters. The number of fused-ring (bicyclic) bond motifs is 1. The zero-order chi connectivity index (χ0) is 21.9. The van der Waals surface area contributed by atoms with Crippen LogP contribution in [0.5, 0.6) is 11.5 Å². The van der Waals surface area contributed by atoms with E-state index >= 15 is 0 Å². The first-order valence-electron chi connectivity index (χ1n) is 10.7. The highest BCUT2D eigenvalue weighted by Gasteiger charge is 2.24. The summed E-state index contributed by atoms with van der Waals surface area (Å²) in [6.45, 7) is 0.741. The number of hydrogen-bond donors (Lipinski definition) is 0. The molecule has 4 aromatic carbocycles. The number of rotatable bonds is 6. The third-order valence-corrected chi connectivity index (χ3v) is 5.85. The van der Waals surface area contributed by atoms with E-state index in [1.807, 2.05) is 6.07 Å². The maximum Gasteiger partial charge on any atom is 0.132 e. The molecule has 0 radical (unpaired) electrons. The zero-order valence-corrected chi connectivity index (χ0v) is 18.3. The summed E-state index contributed by atoms with van der Waals surface area (Å²) in [6, 6.07) is 35.8. The average Bonchev–Trinajstić information content (AvgIpc) is 3.19. The van der Waals surface area contributed by atoms with Gasteiger partial charge >= 0.3 is 0 Å². The van der Waals surface area contributed by atoms with Gasteiger partial charge in [-0.15, -0.1) is 0 Å². The minimum absolute atomic E-state index is 0.741. The van der Waals surface area contributed by atoms with Gasteiger partial charge in [0.1, 0.15) is 11.5 Å². The molecule has 0 fully saturated rings. The summed E-state index contributed by atoms with van der Waals surface area (Å²) in [5, 5.41) is 1.09. The average molecular weight is 420 g/mol. The van der Waals surface area contributed by atoms with E-state index in [4.69, 9.17) is 9.47 Å². The molecule has 0 saturated heterocycles. The number of aromatic nitrogens is 1. The van der Waals surface area contributed by atoms with E-state index in [9.17, 15) is 0 Å². The lowest BCUT2D eigenvalue weighted by Crippen LogP contribution is -2.02. The van der Waals surface area contributed by atoms with E-state index in [2.05, 4.69) is 102 Å². The van der Waals surface area contributed by atoms with E-state index in [1.165, 1.54) is 22.4 Å². The van der Waals surface area contributed by atoms with Crippen molar-refractivity contribution < 1.29 is 9.47 Å². The van der Waals surface area contributed by atoms with Gasteiger partial charge in [-0.1, -0.05) is 91.0 Å². The minimum atomic E-state index is 0.741. The number of benzene rings is 4. The van der Waals surface area contributed by atoms with Crippen molar-refractivity contribution in [1.82, 2.24) is 4.57 Å². The lowest BCUT2D eigenvalue weighted by Gasteiger charge is -2.13. The van der Waals surface area contributed by atoms with Gasteiger partial charge in [-0.05, 0) is 16.7 Å². The Labute approximate surface area is 188 Å². The molecule has 0 bridgehead atoms. The molecule has 0 amide bonds. The van der Waals surface area contributed by atoms with Gasteiger partial charge in [0.15, 0.2) is 0 Å². The Kier molecular flexibility index (Phi) is 5.39. The molecule has 0 aliphatic rings. The lowest BCUT2D eigenvalue weighted by atomic mass is 9.98. The van der Waals surface area contributed by atoms with E-state index in [1.54, 1.807) is 14.2 Å². The van der Waals surface area contributed by atoms with Gasteiger partial charge < -0.3 is 14.0 Å². The third-order valence-electron chi connectivity index (χ3n) is 5.85. The smallest absolute Gasteiger partial charge is 0.132 e. The first-order chi connectivity index (χ1) is 15.8. The Morgan fingerprint density at radius 2 is 1.25 bits per heavy atom. The van der Waals surface area contributed by atoms with Crippen molar-refractivity contribution in [1.29, 1.82) is 0 Å². The summed E-state index contributed by atoms with van der Waals surface area (Å²) < 4.78 is 13.9. The second-order valence-corrected chi connectivity index (χ2v) is 7.75. The second kappa shape index (κ2) is 8.64. The van der Waals surface area contributed by atoms with Gasteiger partial charge in [0.25, 0.3) is 0 Å². The molecule has 0 aliphatic carbocycles. The predicted molar refractivity (Wildman–Crippen MR) is 131 cm³/mol. The van der Waals surface area contributed by atoms with Crippen molar-refractivity contribution in [3.8, 4) is 33.9 Å². The number of methoxy groups -OCH3 is 2. The van der Waals surface area contributed by atoms with Crippen LogP contribution in [0.4, 0.5) is 0 Å². The van der Waals surface area contributed by atoms with Crippen LogP contribution in [-0.2, 0) is 6.54 Å². The lowest BCUT2D eigenvalue weighted by molar-refractivity contribution is 0.398. The number of hydrogen-bond acceptors (Lipinski definition) is 2. The molecule has 32 heavy (non-hydrogen) atoms. The van der Waals surface area contributed by atoms with Crippen molar-refractivity contribution in [2.45, 2.75) is 6.54 Å². The van der Waals surface area contributed by atoms with E-state index < -0.39 is 0 Å². The molecular weight excluding hydrogens is 394 g/mol. The van der Waals surface area contributed by atoms with Crippen molar-refractivity contribution in [3.63, 3.8) is 0 Å². The summed E-state index contributed by atoms with van der Waals surface area (Å²) in [5.74, 6) is 1.59. The Bertz CT molecular complexity index is 1340. The van der Waals surface area contributed by atoms with E-state index in [0.717, 1.165) is 34.5 Å². The fraction of sp³-hybridized carbons (Fsp3) is 0.103. The van der Waals surface area contributed by atoms with Gasteiger partial charge in [-0.25, -0.2) is 0 Å². The molecule has 1 heterocycles. The number of nitrogens with zero attached hydrogens (tertiary/aromatic N) is 1. The Morgan fingerprint density at radius 3 is 1.84 bits per heavy atom. The first-order valence-corrected chi connectivity index (χ1v) is 10.7. The van der Waals surface area contributed by atoms with Gasteiger partial charge in [-0.2, -0.15) is 0 Å². The Morgan fingerprint density at radius 1 is 0.656 bits per heavy atom. The molecule has 0 spiro atoms. The summed E-state index contributed by atoms with van der Waals surface area (Å²) >= 11 is 0. The third kappa shape index (κ3) is 3.52. The number of ether oxygens (including phenoxy) is 2. The van der Waals surface area contributed by atoms with Crippen molar-refractivity contribution in [2.75, 3.05) is 14.2 Å². The van der Waals surface area contributed by atoms with Crippen LogP contribution in [0.15, 0.2) is 103 Å². The molecule has 5 rings (SSSR count). The van der Waals surface area contributed by atoms with Gasteiger partial charge in [-0.3, -0.25) is 0 Å². The van der Waals surface area contributed by atoms with Crippen LogP contribution in [0.25, 0.3) is 33.3 Å². The molecule has 5 aromatic rings. The topological polar surface area (TPSA) is 23.4 Å². The fourth-order valence-electron chi connectivity index (χ4n) is 4.41. The molecule has 3 nitrogen and oxygen atoms in total. The zero-order valence-electron chi connectivity index (χ0n) is 18.3. The van der Waals surface area contributed by atoms with Crippen LogP contribution in [0.2, 0.25) is 0 Å². The van der Waals surface area contributed by atoms with Gasteiger partial charge in [0.05, 0.1) is 30.8 Å². The largest absolute Gasteiger partial charge is 0.497 e. The van der Waals surface area contributed by atoms with Crippen LogP contribution in [0, 0.1) is 0 Å².